The topological polar surface area (TPSA) is 9.23 Å². The van der Waals surface area contributed by atoms with Gasteiger partial charge in [-0.1, -0.05) is 6.92 Å². The summed E-state index contributed by atoms with van der Waals surface area (Å²) in [4.78, 5) is 1.39. The summed E-state index contributed by atoms with van der Waals surface area (Å²) < 4.78 is 7.76. The van der Waals surface area contributed by atoms with Crippen LogP contribution in [0.2, 0.25) is 0 Å². The Hall–Kier alpha value is -0.540. The van der Waals surface area contributed by atoms with E-state index in [1.165, 1.54) is 15.0 Å². The highest BCUT2D eigenvalue weighted by Crippen LogP contribution is 2.37. The van der Waals surface area contributed by atoms with Gasteiger partial charge in [0.1, 0.15) is 5.75 Å². The molecule has 0 unspecified atom stereocenters. The Labute approximate surface area is 95.8 Å². The number of benzene rings is 1. The first-order valence-electron chi connectivity index (χ1n) is 4.51. The van der Waals surface area contributed by atoms with Crippen LogP contribution in [0, 0.1) is 0 Å². The Kier molecular flexibility index (Phi) is 2.79. The van der Waals surface area contributed by atoms with Crippen LogP contribution >= 0.6 is 27.3 Å². The zero-order valence-electron chi connectivity index (χ0n) is 8.13. The normalized spacial score (nSPS) is 10.8. The second kappa shape index (κ2) is 3.91. The van der Waals surface area contributed by atoms with Crippen LogP contribution in [0.3, 0.4) is 0 Å². The highest BCUT2D eigenvalue weighted by molar-refractivity contribution is 9.10. The standard InChI is InChI=1S/C11H11BrOS/c1-3-7-6-8-10(13-2)5-4-9(12)11(8)14-7/h4-6H,3H2,1-2H3. The monoisotopic (exact) mass is 270 g/mol. The quantitative estimate of drug-likeness (QED) is 0.794. The number of ether oxygens (including phenoxy) is 1. The number of rotatable bonds is 2. The Balaban J connectivity index is 2.74. The van der Waals surface area contributed by atoms with Gasteiger partial charge in [-0.3, -0.25) is 0 Å². The lowest BCUT2D eigenvalue weighted by Gasteiger charge is -2.01. The Morgan fingerprint density at radius 3 is 2.86 bits per heavy atom. The predicted molar refractivity (Wildman–Crippen MR) is 65.5 cm³/mol. The van der Waals surface area contributed by atoms with Crippen molar-refractivity contribution >= 4 is 37.4 Å². The summed E-state index contributed by atoms with van der Waals surface area (Å²) in [5.74, 6) is 0.958. The van der Waals surface area contributed by atoms with Gasteiger partial charge in [-0.15, -0.1) is 11.3 Å². The van der Waals surface area contributed by atoms with Crippen molar-refractivity contribution in [3.63, 3.8) is 0 Å². The molecule has 2 rings (SSSR count). The van der Waals surface area contributed by atoms with E-state index >= 15 is 0 Å². The lowest BCUT2D eigenvalue weighted by Crippen LogP contribution is -1.82. The van der Waals surface area contributed by atoms with Crippen LogP contribution in [0.5, 0.6) is 5.75 Å². The molecular formula is C11H11BrOS. The molecule has 0 bridgehead atoms. The van der Waals surface area contributed by atoms with Crippen molar-refractivity contribution in [3.8, 4) is 5.75 Å². The maximum absolute atomic E-state index is 5.33. The molecule has 3 heteroatoms. The van der Waals surface area contributed by atoms with E-state index in [0.29, 0.717) is 0 Å². The molecule has 0 amide bonds. The zero-order valence-corrected chi connectivity index (χ0v) is 10.5. The van der Waals surface area contributed by atoms with Gasteiger partial charge in [-0.25, -0.2) is 0 Å². The molecular weight excluding hydrogens is 260 g/mol. The second-order valence-electron chi connectivity index (χ2n) is 3.06. The minimum Gasteiger partial charge on any atom is -0.496 e. The van der Waals surface area contributed by atoms with Gasteiger partial charge in [0.15, 0.2) is 0 Å². The minimum absolute atomic E-state index is 0.958. The van der Waals surface area contributed by atoms with Crippen molar-refractivity contribution in [1.29, 1.82) is 0 Å². The van der Waals surface area contributed by atoms with Crippen LogP contribution in [0.15, 0.2) is 22.7 Å². The van der Waals surface area contributed by atoms with Crippen molar-refractivity contribution in [3.05, 3.63) is 27.5 Å². The highest BCUT2D eigenvalue weighted by atomic mass is 79.9. The van der Waals surface area contributed by atoms with Crippen LogP contribution in [-0.2, 0) is 6.42 Å². The van der Waals surface area contributed by atoms with E-state index in [1.54, 1.807) is 7.11 Å². The second-order valence-corrected chi connectivity index (χ2v) is 5.05. The van der Waals surface area contributed by atoms with Gasteiger partial charge in [0.2, 0.25) is 0 Å². The van der Waals surface area contributed by atoms with Crippen molar-refractivity contribution in [2.24, 2.45) is 0 Å². The molecule has 1 nitrogen and oxygen atoms in total. The molecule has 0 aliphatic rings. The minimum atomic E-state index is 0.958. The summed E-state index contributed by atoms with van der Waals surface area (Å²) in [6.07, 6.45) is 1.08. The molecule has 0 aliphatic heterocycles. The van der Waals surface area contributed by atoms with E-state index in [1.807, 2.05) is 23.5 Å². The van der Waals surface area contributed by atoms with Gasteiger partial charge in [0, 0.05) is 14.7 Å². The first kappa shape index (κ1) is 9.99. The Morgan fingerprint density at radius 2 is 2.21 bits per heavy atom. The maximum atomic E-state index is 5.33. The fourth-order valence-corrected chi connectivity index (χ4v) is 3.08. The molecule has 2 aromatic rings. The summed E-state index contributed by atoms with van der Waals surface area (Å²) in [5.41, 5.74) is 0. The van der Waals surface area contributed by atoms with E-state index in [4.69, 9.17) is 4.74 Å². The third-order valence-electron chi connectivity index (χ3n) is 2.21. The fraction of sp³-hybridized carbons (Fsp3) is 0.273. The van der Waals surface area contributed by atoms with Gasteiger partial charge in [-0.05, 0) is 40.5 Å². The van der Waals surface area contributed by atoms with Gasteiger partial charge < -0.3 is 4.74 Å². The number of thiophene rings is 1. The van der Waals surface area contributed by atoms with Crippen LogP contribution < -0.4 is 4.74 Å². The third-order valence-corrected chi connectivity index (χ3v) is 4.45. The van der Waals surface area contributed by atoms with Crippen LogP contribution in [0.25, 0.3) is 10.1 Å². The molecule has 0 saturated carbocycles. The summed E-state index contributed by atoms with van der Waals surface area (Å²) in [6, 6.07) is 6.25. The molecule has 1 aromatic carbocycles. The molecule has 74 valence electrons. The molecule has 1 aromatic heterocycles. The van der Waals surface area contributed by atoms with Gasteiger partial charge in [0.05, 0.1) is 11.8 Å². The molecule has 0 radical (unpaired) electrons. The fourth-order valence-electron chi connectivity index (χ4n) is 1.47. The molecule has 14 heavy (non-hydrogen) atoms. The number of aryl methyl sites for hydroxylation is 1. The van der Waals surface area contributed by atoms with Crippen molar-refractivity contribution in [1.82, 2.24) is 0 Å². The lowest BCUT2D eigenvalue weighted by molar-refractivity contribution is 0.420. The molecule has 0 N–H and O–H groups in total. The summed E-state index contributed by atoms with van der Waals surface area (Å²) in [6.45, 7) is 2.17. The van der Waals surface area contributed by atoms with E-state index in [0.717, 1.165) is 16.6 Å². The first-order valence-corrected chi connectivity index (χ1v) is 6.12. The summed E-state index contributed by atoms with van der Waals surface area (Å²) in [5, 5.41) is 1.21. The summed E-state index contributed by atoms with van der Waals surface area (Å²) >= 11 is 5.38. The Morgan fingerprint density at radius 1 is 1.43 bits per heavy atom. The molecule has 0 fully saturated rings. The largest absolute Gasteiger partial charge is 0.496 e. The smallest absolute Gasteiger partial charge is 0.127 e. The van der Waals surface area contributed by atoms with E-state index in [9.17, 15) is 0 Å². The average molecular weight is 271 g/mol. The van der Waals surface area contributed by atoms with E-state index in [-0.39, 0.29) is 0 Å². The molecule has 1 heterocycles. The number of fused-ring (bicyclic) bond motifs is 1. The lowest BCUT2D eigenvalue weighted by atomic mass is 10.2. The predicted octanol–water partition coefficient (Wildman–Crippen LogP) is 4.23. The van der Waals surface area contributed by atoms with Crippen molar-refractivity contribution in [2.75, 3.05) is 7.11 Å². The maximum Gasteiger partial charge on any atom is 0.127 e. The summed E-state index contributed by atoms with van der Waals surface area (Å²) in [7, 11) is 1.71. The van der Waals surface area contributed by atoms with E-state index in [2.05, 4.69) is 28.9 Å². The number of hydrogen-bond donors (Lipinski definition) is 0. The SMILES string of the molecule is CCc1cc2c(OC)ccc(Br)c2s1. The highest BCUT2D eigenvalue weighted by Gasteiger charge is 2.08. The Bertz CT molecular complexity index is 462. The van der Waals surface area contributed by atoms with Crippen LogP contribution in [0.1, 0.15) is 11.8 Å². The number of methoxy groups -OCH3 is 1. The molecule has 0 atom stereocenters. The van der Waals surface area contributed by atoms with Crippen LogP contribution in [-0.4, -0.2) is 7.11 Å². The molecule has 0 spiro atoms. The number of hydrogen-bond acceptors (Lipinski definition) is 2. The van der Waals surface area contributed by atoms with Gasteiger partial charge in [-0.2, -0.15) is 0 Å². The third kappa shape index (κ3) is 1.55. The van der Waals surface area contributed by atoms with Gasteiger partial charge >= 0.3 is 0 Å². The molecule has 0 aliphatic carbocycles. The number of halogens is 1. The van der Waals surface area contributed by atoms with Crippen molar-refractivity contribution in [2.45, 2.75) is 13.3 Å². The average Bonchev–Trinajstić information content (AvgIpc) is 2.63. The zero-order chi connectivity index (χ0) is 10.1. The van der Waals surface area contributed by atoms with E-state index < -0.39 is 0 Å². The van der Waals surface area contributed by atoms with Gasteiger partial charge in [0.25, 0.3) is 0 Å². The van der Waals surface area contributed by atoms with Crippen molar-refractivity contribution < 1.29 is 4.74 Å². The molecule has 0 saturated heterocycles. The first-order chi connectivity index (χ1) is 6.76. The van der Waals surface area contributed by atoms with Crippen LogP contribution in [0.4, 0.5) is 0 Å².